The lowest BCUT2D eigenvalue weighted by molar-refractivity contribution is 0.0628. The Morgan fingerprint density at radius 2 is 1.69 bits per heavy atom. The molecule has 138 valence electrons. The summed E-state index contributed by atoms with van der Waals surface area (Å²) in [6.45, 7) is 6.20. The predicted molar refractivity (Wildman–Crippen MR) is 103 cm³/mol. The third kappa shape index (κ3) is 4.26. The van der Waals surface area contributed by atoms with Gasteiger partial charge in [-0.2, -0.15) is 0 Å². The van der Waals surface area contributed by atoms with Crippen molar-refractivity contribution in [2.45, 2.75) is 32.0 Å². The van der Waals surface area contributed by atoms with Crippen LogP contribution in [-0.4, -0.2) is 53.8 Å². The fourth-order valence-electron chi connectivity index (χ4n) is 3.80. The van der Waals surface area contributed by atoms with E-state index < -0.39 is 6.10 Å². The number of nitrogens with zero attached hydrogens (tertiary/aromatic N) is 2. The normalized spacial score (nSPS) is 18.8. The van der Waals surface area contributed by atoms with Gasteiger partial charge in [-0.25, -0.2) is 0 Å². The minimum atomic E-state index is -0.475. The maximum Gasteiger partial charge on any atom is 0.123 e. The Morgan fingerprint density at radius 3 is 2.50 bits per heavy atom. The van der Waals surface area contributed by atoms with E-state index in [1.54, 1.807) is 0 Å². The van der Waals surface area contributed by atoms with Crippen molar-refractivity contribution in [2.24, 2.45) is 0 Å². The van der Waals surface area contributed by atoms with Crippen molar-refractivity contribution in [1.82, 2.24) is 9.80 Å². The summed E-state index contributed by atoms with van der Waals surface area (Å²) in [5.41, 5.74) is 4.03. The highest BCUT2D eigenvalue weighted by atomic mass is 16.5. The molecule has 0 unspecified atom stereocenters. The van der Waals surface area contributed by atoms with Crippen LogP contribution in [0.3, 0.4) is 0 Å². The molecule has 4 nitrogen and oxygen atoms in total. The minimum Gasteiger partial charge on any atom is -0.491 e. The fraction of sp³-hybridized carbons (Fsp3) is 0.455. The number of likely N-dealkylation sites (tertiary alicyclic amines) is 1. The van der Waals surface area contributed by atoms with Crippen molar-refractivity contribution in [1.29, 1.82) is 0 Å². The molecule has 0 bridgehead atoms. The molecule has 0 aliphatic carbocycles. The molecule has 4 heteroatoms. The summed E-state index contributed by atoms with van der Waals surface area (Å²) in [5, 5.41) is 10.5. The van der Waals surface area contributed by atoms with Crippen LogP contribution in [0.15, 0.2) is 48.5 Å². The van der Waals surface area contributed by atoms with Crippen LogP contribution in [0.2, 0.25) is 0 Å². The van der Waals surface area contributed by atoms with E-state index in [2.05, 4.69) is 46.2 Å². The van der Waals surface area contributed by atoms with Crippen LogP contribution in [0.1, 0.15) is 23.1 Å². The summed E-state index contributed by atoms with van der Waals surface area (Å²) >= 11 is 0. The number of hydrogen-bond donors (Lipinski definition) is 1. The second-order valence-corrected chi connectivity index (χ2v) is 7.46. The first-order valence-electron chi connectivity index (χ1n) is 9.68. The molecule has 1 atom stereocenters. The highest BCUT2D eigenvalue weighted by molar-refractivity contribution is 5.33. The van der Waals surface area contributed by atoms with Crippen molar-refractivity contribution in [3.05, 3.63) is 65.2 Å². The zero-order valence-corrected chi connectivity index (χ0v) is 15.3. The van der Waals surface area contributed by atoms with E-state index in [0.29, 0.717) is 13.2 Å². The predicted octanol–water partition coefficient (Wildman–Crippen LogP) is 2.69. The number of aliphatic hydroxyl groups is 1. The monoisotopic (exact) mass is 352 g/mol. The third-order valence-electron chi connectivity index (χ3n) is 5.43. The summed E-state index contributed by atoms with van der Waals surface area (Å²) in [7, 11) is 0. The average molecular weight is 352 g/mol. The van der Waals surface area contributed by atoms with Crippen LogP contribution in [0.5, 0.6) is 5.75 Å². The number of ether oxygens (including phenoxy) is 1. The first-order valence-corrected chi connectivity index (χ1v) is 9.68. The molecule has 2 aliphatic heterocycles. The van der Waals surface area contributed by atoms with Crippen LogP contribution in [0, 0.1) is 0 Å². The largest absolute Gasteiger partial charge is 0.491 e. The van der Waals surface area contributed by atoms with Crippen LogP contribution >= 0.6 is 0 Å². The number of para-hydroxylation sites is 1. The molecule has 2 aromatic rings. The van der Waals surface area contributed by atoms with E-state index in [0.717, 1.165) is 31.8 Å². The summed E-state index contributed by atoms with van der Waals surface area (Å²) in [6, 6.07) is 16.8. The number of fused-ring (bicyclic) bond motifs is 1. The quantitative estimate of drug-likeness (QED) is 0.831. The van der Waals surface area contributed by atoms with Gasteiger partial charge >= 0.3 is 0 Å². The summed E-state index contributed by atoms with van der Waals surface area (Å²) in [4.78, 5) is 4.74. The van der Waals surface area contributed by atoms with Crippen molar-refractivity contribution < 1.29 is 9.84 Å². The molecule has 0 radical (unpaired) electrons. The van der Waals surface area contributed by atoms with Gasteiger partial charge in [-0.1, -0.05) is 42.5 Å². The SMILES string of the molecule is O[C@H](COc1ccccc1CN1CCC1)CN1CCc2ccccc2C1. The molecule has 1 fully saturated rings. The number of aliphatic hydroxyl groups excluding tert-OH is 1. The Bertz CT molecular complexity index is 730. The lowest BCUT2D eigenvalue weighted by atomic mass is 10.00. The standard InChI is InChI=1S/C22H28N2O2/c25-21(16-24-13-10-18-6-1-2-7-19(18)14-24)17-26-22-9-4-3-8-20(22)15-23-11-5-12-23/h1-4,6-9,21,25H,5,10-17H2/t21-/m0/s1. The average Bonchev–Trinajstić information content (AvgIpc) is 2.63. The van der Waals surface area contributed by atoms with Gasteiger partial charge in [0.15, 0.2) is 0 Å². The van der Waals surface area contributed by atoms with Crippen molar-refractivity contribution in [3.63, 3.8) is 0 Å². The van der Waals surface area contributed by atoms with Gasteiger partial charge in [-0.3, -0.25) is 9.80 Å². The van der Waals surface area contributed by atoms with Crippen LogP contribution in [0.4, 0.5) is 0 Å². The summed E-state index contributed by atoms with van der Waals surface area (Å²) in [6.07, 6.45) is 1.88. The van der Waals surface area contributed by atoms with E-state index in [1.807, 2.05) is 12.1 Å². The maximum atomic E-state index is 10.5. The zero-order valence-electron chi connectivity index (χ0n) is 15.3. The maximum absolute atomic E-state index is 10.5. The molecule has 0 spiro atoms. The van der Waals surface area contributed by atoms with E-state index in [1.165, 1.54) is 36.2 Å². The summed E-state index contributed by atoms with van der Waals surface area (Å²) < 4.78 is 5.98. The molecule has 26 heavy (non-hydrogen) atoms. The molecule has 1 N–H and O–H groups in total. The molecule has 0 saturated carbocycles. The van der Waals surface area contributed by atoms with Gasteiger partial charge in [-0.15, -0.1) is 0 Å². The Kier molecular flexibility index (Phi) is 5.54. The topological polar surface area (TPSA) is 35.9 Å². The van der Waals surface area contributed by atoms with Crippen molar-refractivity contribution >= 4 is 0 Å². The number of rotatable bonds is 7. The van der Waals surface area contributed by atoms with Gasteiger partial charge < -0.3 is 9.84 Å². The smallest absolute Gasteiger partial charge is 0.123 e. The first-order chi connectivity index (χ1) is 12.8. The molecular formula is C22H28N2O2. The Hall–Kier alpha value is -1.88. The molecule has 2 aromatic carbocycles. The Morgan fingerprint density at radius 1 is 0.923 bits per heavy atom. The van der Waals surface area contributed by atoms with Crippen molar-refractivity contribution in [3.8, 4) is 5.75 Å². The van der Waals surface area contributed by atoms with E-state index in [9.17, 15) is 5.11 Å². The summed E-state index contributed by atoms with van der Waals surface area (Å²) in [5.74, 6) is 0.905. The highest BCUT2D eigenvalue weighted by Gasteiger charge is 2.20. The molecule has 0 aromatic heterocycles. The van der Waals surface area contributed by atoms with Gasteiger partial charge in [0.05, 0.1) is 0 Å². The molecule has 0 amide bonds. The molecular weight excluding hydrogens is 324 g/mol. The zero-order chi connectivity index (χ0) is 17.8. The fourth-order valence-corrected chi connectivity index (χ4v) is 3.80. The number of β-amino-alcohol motifs (C(OH)–C–C–N with tert-alkyl or cyclic N) is 1. The van der Waals surface area contributed by atoms with Crippen molar-refractivity contribution in [2.75, 3.05) is 32.8 Å². The van der Waals surface area contributed by atoms with E-state index in [-0.39, 0.29) is 0 Å². The molecule has 1 saturated heterocycles. The number of benzene rings is 2. The van der Waals surface area contributed by atoms with E-state index >= 15 is 0 Å². The van der Waals surface area contributed by atoms with Gasteiger partial charge in [-0.05, 0) is 43.1 Å². The highest BCUT2D eigenvalue weighted by Crippen LogP contribution is 2.23. The lowest BCUT2D eigenvalue weighted by Crippen LogP contribution is -2.39. The Labute approximate surface area is 156 Å². The first kappa shape index (κ1) is 17.5. The van der Waals surface area contributed by atoms with Gasteiger partial charge in [0, 0.05) is 31.7 Å². The van der Waals surface area contributed by atoms with Gasteiger partial charge in [0.1, 0.15) is 18.5 Å². The van der Waals surface area contributed by atoms with Gasteiger partial charge in [0.25, 0.3) is 0 Å². The van der Waals surface area contributed by atoms with Crippen LogP contribution in [0.25, 0.3) is 0 Å². The van der Waals surface area contributed by atoms with E-state index in [4.69, 9.17) is 4.74 Å². The molecule has 2 aliphatic rings. The van der Waals surface area contributed by atoms with Gasteiger partial charge in [0.2, 0.25) is 0 Å². The number of hydrogen-bond acceptors (Lipinski definition) is 4. The lowest BCUT2D eigenvalue weighted by Gasteiger charge is -2.31. The second-order valence-electron chi connectivity index (χ2n) is 7.46. The van der Waals surface area contributed by atoms with Crippen LogP contribution in [-0.2, 0) is 19.5 Å². The second kappa shape index (κ2) is 8.21. The third-order valence-corrected chi connectivity index (χ3v) is 5.43. The molecule has 4 rings (SSSR count). The van der Waals surface area contributed by atoms with Crippen LogP contribution < -0.4 is 4.74 Å². The molecule has 2 heterocycles. The minimum absolute atomic E-state index is 0.342. The Balaban J connectivity index is 1.29.